The molecule has 1 aliphatic heterocycles. The third-order valence-electron chi connectivity index (χ3n) is 5.96. The van der Waals surface area contributed by atoms with Gasteiger partial charge in [-0.1, -0.05) is 24.4 Å². The molecule has 1 aromatic heterocycles. The van der Waals surface area contributed by atoms with Crippen LogP contribution >= 0.6 is 11.6 Å². The van der Waals surface area contributed by atoms with Gasteiger partial charge in [-0.25, -0.2) is 13.1 Å². The van der Waals surface area contributed by atoms with E-state index in [4.69, 9.17) is 16.0 Å². The molecular weight excluding hydrogens is 426 g/mol. The Morgan fingerprint density at radius 1 is 1.03 bits per heavy atom. The molecule has 1 aliphatic carbocycles. The molecule has 1 aromatic carbocycles. The number of benzene rings is 1. The maximum atomic E-state index is 12.9. The van der Waals surface area contributed by atoms with Crippen molar-refractivity contribution in [1.29, 1.82) is 0 Å². The molecule has 9 heteroatoms. The summed E-state index contributed by atoms with van der Waals surface area (Å²) in [5.41, 5.74) is 0. The first-order chi connectivity index (χ1) is 14.4. The van der Waals surface area contributed by atoms with Crippen molar-refractivity contribution in [1.82, 2.24) is 14.5 Å². The van der Waals surface area contributed by atoms with Gasteiger partial charge in [-0.2, -0.15) is 0 Å². The smallest absolute Gasteiger partial charge is 0.289 e. The third kappa shape index (κ3) is 4.72. The first kappa shape index (κ1) is 21.4. The van der Waals surface area contributed by atoms with E-state index in [-0.39, 0.29) is 22.9 Å². The van der Waals surface area contributed by atoms with Crippen LogP contribution in [0.3, 0.4) is 0 Å². The lowest BCUT2D eigenvalue weighted by molar-refractivity contribution is 0.0455. The molecule has 2 aromatic rings. The Balaban J connectivity index is 1.40. The molecule has 0 bridgehead atoms. The van der Waals surface area contributed by atoms with Crippen LogP contribution < -0.4 is 4.72 Å². The molecule has 162 valence electrons. The minimum absolute atomic E-state index is 0.0942. The van der Waals surface area contributed by atoms with Crippen molar-refractivity contribution in [3.05, 3.63) is 53.4 Å². The molecule has 1 saturated carbocycles. The average molecular weight is 452 g/mol. The van der Waals surface area contributed by atoms with Crippen LogP contribution in [0.15, 0.2) is 52.0 Å². The van der Waals surface area contributed by atoms with Gasteiger partial charge >= 0.3 is 0 Å². The Hall–Kier alpha value is -1.87. The van der Waals surface area contributed by atoms with Crippen molar-refractivity contribution in [3.63, 3.8) is 0 Å². The molecule has 2 aliphatic rings. The van der Waals surface area contributed by atoms with Crippen molar-refractivity contribution < 1.29 is 17.6 Å². The van der Waals surface area contributed by atoms with Gasteiger partial charge in [0.05, 0.1) is 11.2 Å². The molecule has 2 unspecified atom stereocenters. The second kappa shape index (κ2) is 9.09. The van der Waals surface area contributed by atoms with Gasteiger partial charge < -0.3 is 9.32 Å². The maximum absolute atomic E-state index is 12.9. The van der Waals surface area contributed by atoms with Crippen LogP contribution in [0.2, 0.25) is 5.02 Å². The van der Waals surface area contributed by atoms with E-state index in [9.17, 15) is 13.2 Å². The van der Waals surface area contributed by atoms with Crippen LogP contribution in [0.25, 0.3) is 0 Å². The minimum atomic E-state index is -3.61. The maximum Gasteiger partial charge on any atom is 0.289 e. The predicted molar refractivity (Wildman–Crippen MR) is 114 cm³/mol. The summed E-state index contributed by atoms with van der Waals surface area (Å²) in [5, 5.41) is 0.506. The van der Waals surface area contributed by atoms with Crippen molar-refractivity contribution >= 4 is 27.5 Å². The van der Waals surface area contributed by atoms with E-state index in [1.165, 1.54) is 18.4 Å². The SMILES string of the molecule is O=C(c1ccco1)N1CCN(C2CCCCC2NS(=O)(=O)c2ccc(Cl)cc2)CC1. The summed E-state index contributed by atoms with van der Waals surface area (Å²) in [7, 11) is -3.61. The number of sulfonamides is 1. The van der Waals surface area contributed by atoms with Crippen molar-refractivity contribution in [3.8, 4) is 0 Å². The number of carbonyl (C=O) groups is 1. The molecule has 2 fully saturated rings. The number of hydrogen-bond donors (Lipinski definition) is 1. The molecule has 2 heterocycles. The summed E-state index contributed by atoms with van der Waals surface area (Å²) in [6, 6.07) is 9.60. The van der Waals surface area contributed by atoms with E-state index in [1.807, 2.05) is 0 Å². The zero-order chi connectivity index (χ0) is 21.1. The van der Waals surface area contributed by atoms with Gasteiger partial charge in [0.1, 0.15) is 0 Å². The average Bonchev–Trinajstić information content (AvgIpc) is 3.29. The van der Waals surface area contributed by atoms with E-state index in [1.54, 1.807) is 29.2 Å². The number of carbonyl (C=O) groups excluding carboxylic acids is 1. The van der Waals surface area contributed by atoms with Gasteiger partial charge in [0, 0.05) is 43.3 Å². The lowest BCUT2D eigenvalue weighted by Gasteiger charge is -2.44. The summed E-state index contributed by atoms with van der Waals surface area (Å²) in [6.07, 6.45) is 5.34. The molecule has 1 saturated heterocycles. The Kier molecular flexibility index (Phi) is 6.48. The lowest BCUT2D eigenvalue weighted by atomic mass is 9.89. The number of rotatable bonds is 5. The molecule has 1 amide bonds. The summed E-state index contributed by atoms with van der Waals surface area (Å²) < 4.78 is 33.9. The summed E-state index contributed by atoms with van der Waals surface area (Å²) in [5.74, 6) is 0.262. The first-order valence-electron chi connectivity index (χ1n) is 10.3. The molecule has 0 spiro atoms. The Bertz CT molecular complexity index is 955. The number of amides is 1. The number of furan rings is 1. The summed E-state index contributed by atoms with van der Waals surface area (Å²) >= 11 is 5.89. The second-order valence-electron chi connectivity index (χ2n) is 7.84. The highest BCUT2D eigenvalue weighted by molar-refractivity contribution is 7.89. The molecule has 4 rings (SSSR count). The molecule has 2 atom stereocenters. The van der Waals surface area contributed by atoms with Crippen molar-refractivity contribution in [2.24, 2.45) is 0 Å². The molecule has 1 N–H and O–H groups in total. The zero-order valence-corrected chi connectivity index (χ0v) is 18.2. The normalized spacial score (nSPS) is 23.4. The number of nitrogens with zero attached hydrogens (tertiary/aromatic N) is 2. The highest BCUT2D eigenvalue weighted by Gasteiger charge is 2.35. The van der Waals surface area contributed by atoms with Gasteiger partial charge in [0.2, 0.25) is 10.0 Å². The third-order valence-corrected chi connectivity index (χ3v) is 7.72. The Labute approximate surface area is 182 Å². The van der Waals surface area contributed by atoms with Crippen molar-refractivity contribution in [2.45, 2.75) is 42.7 Å². The van der Waals surface area contributed by atoms with Crippen LogP contribution in [-0.4, -0.2) is 62.4 Å². The van der Waals surface area contributed by atoms with Gasteiger partial charge in [-0.3, -0.25) is 9.69 Å². The fourth-order valence-corrected chi connectivity index (χ4v) is 5.81. The van der Waals surface area contributed by atoms with Crippen molar-refractivity contribution in [2.75, 3.05) is 26.2 Å². The lowest BCUT2D eigenvalue weighted by Crippen LogP contribution is -2.58. The van der Waals surface area contributed by atoms with E-state index in [0.717, 1.165) is 38.8 Å². The van der Waals surface area contributed by atoms with Crippen LogP contribution in [0.4, 0.5) is 0 Å². The summed E-state index contributed by atoms with van der Waals surface area (Å²) in [6.45, 7) is 2.64. The Morgan fingerprint density at radius 3 is 2.40 bits per heavy atom. The van der Waals surface area contributed by atoms with E-state index >= 15 is 0 Å². The molecular formula is C21H26ClN3O4S. The van der Waals surface area contributed by atoms with Gasteiger partial charge in [0.25, 0.3) is 5.91 Å². The molecule has 7 nitrogen and oxygen atoms in total. The Morgan fingerprint density at radius 2 is 1.73 bits per heavy atom. The van der Waals surface area contributed by atoms with Gasteiger partial charge in [-0.15, -0.1) is 0 Å². The van der Waals surface area contributed by atoms with Crippen LogP contribution in [0.1, 0.15) is 36.2 Å². The van der Waals surface area contributed by atoms with Gasteiger partial charge in [-0.05, 0) is 49.2 Å². The standard InChI is InChI=1S/C21H26ClN3O4S/c22-16-7-9-17(10-8-16)30(27,28)23-18-4-1-2-5-19(18)24-11-13-25(14-12-24)21(26)20-6-3-15-29-20/h3,6-10,15,18-19,23H,1-2,4-5,11-14H2. The number of nitrogens with one attached hydrogen (secondary N) is 1. The highest BCUT2D eigenvalue weighted by atomic mass is 35.5. The fourth-order valence-electron chi connectivity index (χ4n) is 4.38. The quantitative estimate of drug-likeness (QED) is 0.755. The minimum Gasteiger partial charge on any atom is -0.459 e. The van der Waals surface area contributed by atoms with Crippen LogP contribution in [0, 0.1) is 0 Å². The van der Waals surface area contributed by atoms with E-state index in [2.05, 4.69) is 9.62 Å². The highest BCUT2D eigenvalue weighted by Crippen LogP contribution is 2.26. The van der Waals surface area contributed by atoms with Crippen LogP contribution in [-0.2, 0) is 10.0 Å². The van der Waals surface area contributed by atoms with E-state index in [0.29, 0.717) is 23.9 Å². The number of piperazine rings is 1. The monoisotopic (exact) mass is 451 g/mol. The van der Waals surface area contributed by atoms with Crippen LogP contribution in [0.5, 0.6) is 0 Å². The topological polar surface area (TPSA) is 82.9 Å². The molecule has 0 radical (unpaired) electrons. The van der Waals surface area contributed by atoms with Gasteiger partial charge in [0.15, 0.2) is 5.76 Å². The first-order valence-corrected chi connectivity index (χ1v) is 12.1. The second-order valence-corrected chi connectivity index (χ2v) is 9.99. The summed E-state index contributed by atoms with van der Waals surface area (Å²) in [4.78, 5) is 16.8. The number of halogens is 1. The fraction of sp³-hybridized carbons (Fsp3) is 0.476. The van der Waals surface area contributed by atoms with E-state index < -0.39 is 10.0 Å². The predicted octanol–water partition coefficient (Wildman–Crippen LogP) is 2.98. The largest absolute Gasteiger partial charge is 0.459 e. The molecule has 30 heavy (non-hydrogen) atoms. The zero-order valence-electron chi connectivity index (χ0n) is 16.7. The number of hydrogen-bond acceptors (Lipinski definition) is 5.